The Morgan fingerprint density at radius 1 is 0.765 bits per heavy atom. The van der Waals surface area contributed by atoms with E-state index in [4.69, 9.17) is 9.47 Å². The number of ketones is 2. The van der Waals surface area contributed by atoms with Gasteiger partial charge in [-0.25, -0.2) is 0 Å². The Kier molecular flexibility index (Phi) is 5.94. The number of carbonyl (C=O) groups excluding carboxylic acids is 2. The number of rotatable bonds is 6. The molecule has 0 spiro atoms. The van der Waals surface area contributed by atoms with Crippen LogP contribution in [-0.2, 0) is 12.1 Å². The quantitative estimate of drug-likeness (QED) is 0.526. The van der Waals surface area contributed by atoms with Gasteiger partial charge in [-0.05, 0) is 23.8 Å². The number of Topliss-reactive ketones (excluding diaryl/α,β-unsaturated/α-hetero) is 2. The van der Waals surface area contributed by atoms with Crippen LogP contribution in [0.3, 0.4) is 0 Å². The number of fused-ring (bicyclic) bond motifs is 1. The molecule has 1 aliphatic heterocycles. The van der Waals surface area contributed by atoms with Crippen molar-refractivity contribution in [1.29, 1.82) is 0 Å². The number of methoxy groups -OCH3 is 2. The SMILES string of the molecule is COc1cccc(C2(N3CCN(Cc4ccccc4OC)CC3)C(=O)c3ccccc3C2=O)c1. The van der Waals surface area contributed by atoms with E-state index in [1.54, 1.807) is 26.4 Å². The molecule has 0 atom stereocenters. The monoisotopic (exact) mass is 456 g/mol. The van der Waals surface area contributed by atoms with Gasteiger partial charge in [-0.1, -0.05) is 54.6 Å². The summed E-state index contributed by atoms with van der Waals surface area (Å²) in [6.45, 7) is 3.42. The van der Waals surface area contributed by atoms with Gasteiger partial charge >= 0.3 is 0 Å². The highest BCUT2D eigenvalue weighted by atomic mass is 16.5. The standard InChI is InChI=1S/C28H28N2O4/c1-33-22-10-7-9-21(18-22)28(26(31)23-11-4-5-12-24(23)27(28)32)30-16-14-29(15-17-30)19-20-8-3-6-13-25(20)34-2/h3-13,18H,14-17,19H2,1-2H3. The molecule has 0 aromatic heterocycles. The average Bonchev–Trinajstić information content (AvgIpc) is 3.12. The van der Waals surface area contributed by atoms with E-state index in [0.29, 0.717) is 35.5 Å². The molecule has 1 heterocycles. The maximum absolute atomic E-state index is 14.0. The van der Waals surface area contributed by atoms with E-state index in [2.05, 4.69) is 15.9 Å². The highest BCUT2D eigenvalue weighted by molar-refractivity contribution is 6.32. The minimum Gasteiger partial charge on any atom is -0.497 e. The normalized spacial score (nSPS) is 18.1. The van der Waals surface area contributed by atoms with Gasteiger partial charge in [0.05, 0.1) is 14.2 Å². The zero-order valence-electron chi connectivity index (χ0n) is 19.5. The van der Waals surface area contributed by atoms with Gasteiger partial charge in [0.2, 0.25) is 0 Å². The van der Waals surface area contributed by atoms with E-state index in [0.717, 1.165) is 30.9 Å². The minimum atomic E-state index is -1.37. The average molecular weight is 457 g/mol. The predicted octanol–water partition coefficient (Wildman–Crippen LogP) is 3.80. The molecule has 0 N–H and O–H groups in total. The molecule has 1 fully saturated rings. The van der Waals surface area contributed by atoms with E-state index in [-0.39, 0.29) is 11.6 Å². The third-order valence-electron chi connectivity index (χ3n) is 6.99. The van der Waals surface area contributed by atoms with Crippen LogP contribution in [0.2, 0.25) is 0 Å². The Hall–Kier alpha value is -3.48. The van der Waals surface area contributed by atoms with Crippen molar-refractivity contribution >= 4 is 11.6 Å². The third-order valence-corrected chi connectivity index (χ3v) is 6.99. The Morgan fingerprint density at radius 2 is 1.41 bits per heavy atom. The van der Waals surface area contributed by atoms with Gasteiger partial charge in [-0.15, -0.1) is 0 Å². The highest BCUT2D eigenvalue weighted by Gasteiger charge is 2.58. The van der Waals surface area contributed by atoms with Crippen molar-refractivity contribution in [2.75, 3.05) is 40.4 Å². The fourth-order valence-corrected chi connectivity index (χ4v) is 5.27. The first-order chi connectivity index (χ1) is 16.6. The molecule has 0 saturated carbocycles. The largest absolute Gasteiger partial charge is 0.497 e. The second-order valence-corrected chi connectivity index (χ2v) is 8.72. The summed E-state index contributed by atoms with van der Waals surface area (Å²) in [6, 6.07) is 22.5. The van der Waals surface area contributed by atoms with Crippen LogP contribution >= 0.6 is 0 Å². The van der Waals surface area contributed by atoms with Crippen LogP contribution in [0.4, 0.5) is 0 Å². The summed E-state index contributed by atoms with van der Waals surface area (Å²) in [5, 5.41) is 0. The second kappa shape index (κ2) is 9.05. The fourth-order valence-electron chi connectivity index (χ4n) is 5.27. The number of ether oxygens (including phenoxy) is 2. The van der Waals surface area contributed by atoms with E-state index in [1.807, 2.05) is 54.6 Å². The van der Waals surface area contributed by atoms with Crippen LogP contribution in [0.5, 0.6) is 11.5 Å². The molecule has 6 heteroatoms. The summed E-state index contributed by atoms with van der Waals surface area (Å²) in [4.78, 5) is 32.3. The lowest BCUT2D eigenvalue weighted by Gasteiger charge is -2.44. The van der Waals surface area contributed by atoms with Gasteiger partial charge in [-0.3, -0.25) is 19.4 Å². The number of hydrogen-bond acceptors (Lipinski definition) is 6. The van der Waals surface area contributed by atoms with Crippen LogP contribution in [-0.4, -0.2) is 61.8 Å². The lowest BCUT2D eigenvalue weighted by atomic mass is 9.82. The fraction of sp³-hybridized carbons (Fsp3) is 0.286. The van der Waals surface area contributed by atoms with Crippen LogP contribution in [0, 0.1) is 0 Å². The number of benzene rings is 3. The first-order valence-corrected chi connectivity index (χ1v) is 11.5. The van der Waals surface area contributed by atoms with Crippen LogP contribution in [0.15, 0.2) is 72.8 Å². The van der Waals surface area contributed by atoms with Crippen molar-refractivity contribution in [2.24, 2.45) is 0 Å². The molecule has 0 bridgehead atoms. The lowest BCUT2D eigenvalue weighted by Crippen LogP contribution is -2.60. The van der Waals surface area contributed by atoms with E-state index >= 15 is 0 Å². The molecule has 1 aliphatic carbocycles. The van der Waals surface area contributed by atoms with Gasteiger partial charge < -0.3 is 9.47 Å². The molecular formula is C28H28N2O4. The second-order valence-electron chi connectivity index (χ2n) is 8.72. The summed E-state index contributed by atoms with van der Waals surface area (Å²) in [5.74, 6) is 1.19. The summed E-state index contributed by atoms with van der Waals surface area (Å²) < 4.78 is 10.9. The van der Waals surface area contributed by atoms with Crippen molar-refractivity contribution in [3.63, 3.8) is 0 Å². The van der Waals surface area contributed by atoms with E-state index in [9.17, 15) is 9.59 Å². The molecule has 3 aromatic rings. The topological polar surface area (TPSA) is 59.1 Å². The molecular weight excluding hydrogens is 428 g/mol. The molecule has 6 nitrogen and oxygen atoms in total. The molecule has 0 amide bonds. The first kappa shape index (κ1) is 22.3. The molecule has 1 saturated heterocycles. The Balaban J connectivity index is 1.47. The molecule has 5 rings (SSSR count). The van der Waals surface area contributed by atoms with Crippen molar-refractivity contribution in [1.82, 2.24) is 9.80 Å². The third kappa shape index (κ3) is 3.50. The summed E-state index contributed by atoms with van der Waals surface area (Å²) >= 11 is 0. The number of para-hydroxylation sites is 1. The lowest BCUT2D eigenvalue weighted by molar-refractivity contribution is 0.0278. The minimum absolute atomic E-state index is 0.153. The van der Waals surface area contributed by atoms with Gasteiger partial charge in [0, 0.05) is 49.4 Å². The van der Waals surface area contributed by atoms with Gasteiger partial charge in [0.15, 0.2) is 17.1 Å². The van der Waals surface area contributed by atoms with Gasteiger partial charge in [-0.2, -0.15) is 0 Å². The van der Waals surface area contributed by atoms with Crippen LogP contribution in [0.25, 0.3) is 0 Å². The van der Waals surface area contributed by atoms with Crippen LogP contribution in [0.1, 0.15) is 31.8 Å². The smallest absolute Gasteiger partial charge is 0.196 e. The molecule has 0 radical (unpaired) electrons. The number of hydrogen-bond donors (Lipinski definition) is 0. The Labute approximate surface area is 199 Å². The van der Waals surface area contributed by atoms with E-state index < -0.39 is 5.54 Å². The summed E-state index contributed by atoms with van der Waals surface area (Å²) in [7, 11) is 3.28. The van der Waals surface area contributed by atoms with Crippen molar-refractivity contribution in [3.8, 4) is 11.5 Å². The Morgan fingerprint density at radius 3 is 2.06 bits per heavy atom. The van der Waals surface area contributed by atoms with Crippen molar-refractivity contribution in [3.05, 3.63) is 95.1 Å². The maximum atomic E-state index is 14.0. The first-order valence-electron chi connectivity index (χ1n) is 11.5. The predicted molar refractivity (Wildman–Crippen MR) is 130 cm³/mol. The maximum Gasteiger partial charge on any atom is 0.196 e. The molecule has 0 unspecified atom stereocenters. The molecule has 3 aromatic carbocycles. The summed E-state index contributed by atoms with van der Waals surface area (Å²) in [5.41, 5.74) is 1.41. The van der Waals surface area contributed by atoms with E-state index in [1.165, 1.54) is 0 Å². The van der Waals surface area contributed by atoms with Gasteiger partial charge in [0.1, 0.15) is 11.5 Å². The summed E-state index contributed by atoms with van der Waals surface area (Å²) in [6.07, 6.45) is 0. The van der Waals surface area contributed by atoms with Gasteiger partial charge in [0.25, 0.3) is 0 Å². The molecule has 34 heavy (non-hydrogen) atoms. The highest BCUT2D eigenvalue weighted by Crippen LogP contribution is 2.43. The molecule has 174 valence electrons. The van der Waals surface area contributed by atoms with Crippen LogP contribution < -0.4 is 9.47 Å². The number of nitrogens with zero attached hydrogens (tertiary/aromatic N) is 2. The number of piperazine rings is 1. The zero-order valence-corrected chi connectivity index (χ0v) is 19.5. The Bertz CT molecular complexity index is 1200. The van der Waals surface area contributed by atoms with Crippen molar-refractivity contribution in [2.45, 2.75) is 12.1 Å². The zero-order chi connectivity index (χ0) is 23.7. The number of carbonyl (C=O) groups is 2. The van der Waals surface area contributed by atoms with Crippen molar-refractivity contribution < 1.29 is 19.1 Å². The molecule has 2 aliphatic rings.